The summed E-state index contributed by atoms with van der Waals surface area (Å²) in [5.74, 6) is -0.367. The third-order valence-electron chi connectivity index (χ3n) is 5.66. The zero-order chi connectivity index (χ0) is 19.0. The molecule has 0 saturated carbocycles. The van der Waals surface area contributed by atoms with Crippen LogP contribution in [0.1, 0.15) is 24.1 Å². The van der Waals surface area contributed by atoms with Crippen LogP contribution in [-0.2, 0) is 23.1 Å². The molecule has 2 aliphatic rings. The number of amides is 1. The summed E-state index contributed by atoms with van der Waals surface area (Å²) in [4.78, 5) is 16.5. The lowest BCUT2D eigenvalue weighted by atomic mass is 9.88. The van der Waals surface area contributed by atoms with Gasteiger partial charge in [-0.1, -0.05) is 0 Å². The zero-order valence-corrected chi connectivity index (χ0v) is 15.8. The van der Waals surface area contributed by atoms with Crippen molar-refractivity contribution in [2.45, 2.75) is 31.9 Å². The minimum Gasteiger partial charge on any atom is -0.363 e. The van der Waals surface area contributed by atoms with E-state index in [2.05, 4.69) is 16.2 Å². The third kappa shape index (κ3) is 3.75. The van der Waals surface area contributed by atoms with E-state index in [-0.39, 0.29) is 23.9 Å². The number of ether oxygens (including phenoxy) is 1. The van der Waals surface area contributed by atoms with Crippen LogP contribution in [0.4, 0.5) is 10.1 Å². The number of aryl methyl sites for hydroxylation is 2. The highest BCUT2D eigenvalue weighted by Gasteiger charge is 2.42. The minimum atomic E-state index is -0.317. The number of benzene rings is 1. The Morgan fingerprint density at radius 1 is 1.22 bits per heavy atom. The molecule has 0 radical (unpaired) electrons. The Labute approximate surface area is 158 Å². The summed E-state index contributed by atoms with van der Waals surface area (Å²) in [5, 5.41) is 4.41. The fourth-order valence-electron chi connectivity index (χ4n) is 4.04. The predicted octanol–water partition coefficient (Wildman–Crippen LogP) is 2.27. The second-order valence-corrected chi connectivity index (χ2v) is 7.62. The van der Waals surface area contributed by atoms with E-state index in [1.165, 1.54) is 17.7 Å². The Morgan fingerprint density at radius 3 is 2.56 bits per heavy atom. The van der Waals surface area contributed by atoms with Crippen molar-refractivity contribution in [3.63, 3.8) is 0 Å². The van der Waals surface area contributed by atoms with Crippen molar-refractivity contribution in [2.24, 2.45) is 7.05 Å². The van der Waals surface area contributed by atoms with Gasteiger partial charge in [0.15, 0.2) is 0 Å². The molecular weight excluding hydrogens is 347 g/mol. The van der Waals surface area contributed by atoms with E-state index in [1.54, 1.807) is 17.0 Å². The van der Waals surface area contributed by atoms with E-state index < -0.39 is 0 Å². The van der Waals surface area contributed by atoms with E-state index in [0.29, 0.717) is 6.54 Å². The average Bonchev–Trinajstić information content (AvgIpc) is 2.97. The number of halogens is 1. The van der Waals surface area contributed by atoms with Crippen LogP contribution in [0.2, 0.25) is 0 Å². The molecule has 1 aromatic heterocycles. The molecule has 0 N–H and O–H groups in total. The van der Waals surface area contributed by atoms with Crippen molar-refractivity contribution >= 4 is 11.6 Å². The van der Waals surface area contributed by atoms with Crippen LogP contribution in [0, 0.1) is 12.7 Å². The molecule has 2 aliphatic heterocycles. The molecule has 4 rings (SSSR count). The van der Waals surface area contributed by atoms with Gasteiger partial charge in [-0.05, 0) is 44.0 Å². The van der Waals surface area contributed by atoms with Crippen LogP contribution in [-0.4, -0.2) is 52.4 Å². The quantitative estimate of drug-likeness (QED) is 0.829. The van der Waals surface area contributed by atoms with Gasteiger partial charge in [0.25, 0.3) is 5.91 Å². The van der Waals surface area contributed by atoms with E-state index in [4.69, 9.17) is 4.74 Å². The molecule has 0 unspecified atom stereocenters. The summed E-state index contributed by atoms with van der Waals surface area (Å²) in [7, 11) is 1.94. The molecule has 1 amide bonds. The van der Waals surface area contributed by atoms with Gasteiger partial charge in [0.2, 0.25) is 0 Å². The van der Waals surface area contributed by atoms with Gasteiger partial charge >= 0.3 is 0 Å². The van der Waals surface area contributed by atoms with Gasteiger partial charge in [0.05, 0.1) is 17.8 Å². The molecule has 27 heavy (non-hydrogen) atoms. The first-order chi connectivity index (χ1) is 12.9. The molecule has 0 aliphatic carbocycles. The fraction of sp³-hybridized carbons (Fsp3) is 0.500. The topological polar surface area (TPSA) is 50.6 Å². The second-order valence-electron chi connectivity index (χ2n) is 7.62. The van der Waals surface area contributed by atoms with E-state index >= 15 is 0 Å². The van der Waals surface area contributed by atoms with Crippen molar-refractivity contribution < 1.29 is 13.9 Å². The van der Waals surface area contributed by atoms with Crippen molar-refractivity contribution in [1.29, 1.82) is 0 Å². The molecule has 3 heterocycles. The second kappa shape index (κ2) is 7.05. The lowest BCUT2D eigenvalue weighted by Gasteiger charge is -2.47. The van der Waals surface area contributed by atoms with Crippen molar-refractivity contribution in [3.8, 4) is 0 Å². The first-order valence-electron chi connectivity index (χ1n) is 9.35. The monoisotopic (exact) mass is 372 g/mol. The van der Waals surface area contributed by atoms with Crippen molar-refractivity contribution in [1.82, 2.24) is 14.7 Å². The number of rotatable bonds is 3. The van der Waals surface area contributed by atoms with E-state index in [1.807, 2.05) is 18.7 Å². The van der Waals surface area contributed by atoms with Crippen LogP contribution in [0.5, 0.6) is 0 Å². The Morgan fingerprint density at radius 2 is 1.93 bits per heavy atom. The number of nitrogens with zero attached hydrogens (tertiary/aromatic N) is 4. The Kier molecular flexibility index (Phi) is 4.74. The number of carbonyl (C=O) groups excluding carboxylic acids is 1. The van der Waals surface area contributed by atoms with Gasteiger partial charge in [-0.2, -0.15) is 5.10 Å². The Hall–Kier alpha value is -2.25. The van der Waals surface area contributed by atoms with Gasteiger partial charge in [0.1, 0.15) is 12.4 Å². The van der Waals surface area contributed by atoms with Gasteiger partial charge in [-0.25, -0.2) is 4.39 Å². The number of hydrogen-bond acceptors (Lipinski definition) is 4. The molecule has 1 spiro atoms. The summed E-state index contributed by atoms with van der Waals surface area (Å²) < 4.78 is 21.1. The van der Waals surface area contributed by atoms with Gasteiger partial charge in [-0.3, -0.25) is 14.4 Å². The zero-order valence-electron chi connectivity index (χ0n) is 15.8. The number of anilines is 1. The number of piperidine rings is 1. The maximum Gasteiger partial charge on any atom is 0.253 e. The third-order valence-corrected chi connectivity index (χ3v) is 5.66. The highest BCUT2D eigenvalue weighted by atomic mass is 19.1. The lowest BCUT2D eigenvalue weighted by molar-refractivity contribution is -0.144. The highest BCUT2D eigenvalue weighted by Crippen LogP contribution is 2.33. The van der Waals surface area contributed by atoms with Crippen LogP contribution >= 0.6 is 0 Å². The number of aromatic nitrogens is 2. The van der Waals surface area contributed by atoms with Gasteiger partial charge in [-0.15, -0.1) is 0 Å². The summed E-state index contributed by atoms with van der Waals surface area (Å²) in [6.45, 7) is 5.36. The molecule has 6 nitrogen and oxygen atoms in total. The summed E-state index contributed by atoms with van der Waals surface area (Å²) in [6, 6.07) is 6.10. The van der Waals surface area contributed by atoms with Crippen LogP contribution in [0.25, 0.3) is 0 Å². The summed E-state index contributed by atoms with van der Waals surface area (Å²) in [5.41, 5.74) is 2.74. The molecule has 2 aromatic rings. The van der Waals surface area contributed by atoms with Gasteiger partial charge < -0.3 is 9.64 Å². The maximum atomic E-state index is 13.2. The maximum absolute atomic E-state index is 13.2. The Balaban J connectivity index is 1.42. The van der Waals surface area contributed by atoms with Gasteiger partial charge in [0, 0.05) is 44.1 Å². The first-order valence-corrected chi connectivity index (χ1v) is 9.35. The smallest absolute Gasteiger partial charge is 0.253 e. The molecular formula is C20H25FN4O2. The number of hydrogen-bond donors (Lipinski definition) is 0. The highest BCUT2D eigenvalue weighted by molar-refractivity contribution is 5.95. The van der Waals surface area contributed by atoms with E-state index in [0.717, 1.165) is 43.9 Å². The van der Waals surface area contributed by atoms with Crippen LogP contribution < -0.4 is 4.90 Å². The van der Waals surface area contributed by atoms with E-state index in [9.17, 15) is 9.18 Å². The molecule has 7 heteroatoms. The molecule has 2 fully saturated rings. The number of likely N-dealkylation sites (tertiary alicyclic amines) is 1. The standard InChI is InChI=1S/C20H25FN4O2/c1-15-16(11-23(2)22-15)12-24-9-7-20(8-10-24)14-25(19(26)13-27-20)18-5-3-17(21)4-6-18/h3-6,11H,7-10,12-14H2,1-2H3. The molecule has 1 aromatic carbocycles. The van der Waals surface area contributed by atoms with Crippen molar-refractivity contribution in [3.05, 3.63) is 47.5 Å². The minimum absolute atomic E-state index is 0.0688. The fourth-order valence-corrected chi connectivity index (χ4v) is 4.04. The molecule has 0 bridgehead atoms. The summed E-state index contributed by atoms with van der Waals surface area (Å²) in [6.07, 6.45) is 3.82. The number of carbonyl (C=O) groups is 1. The first kappa shape index (κ1) is 18.1. The molecule has 2 saturated heterocycles. The largest absolute Gasteiger partial charge is 0.363 e. The molecule has 144 valence electrons. The predicted molar refractivity (Wildman–Crippen MR) is 99.9 cm³/mol. The molecule has 0 atom stereocenters. The Bertz CT molecular complexity index is 825. The average molecular weight is 372 g/mol. The number of morpholine rings is 1. The lowest BCUT2D eigenvalue weighted by Crippen LogP contribution is -2.58. The summed E-state index contributed by atoms with van der Waals surface area (Å²) >= 11 is 0. The van der Waals surface area contributed by atoms with Crippen LogP contribution in [0.3, 0.4) is 0 Å². The normalized spacial score (nSPS) is 20.4. The van der Waals surface area contributed by atoms with Crippen LogP contribution in [0.15, 0.2) is 30.5 Å². The SMILES string of the molecule is Cc1nn(C)cc1CN1CCC2(CC1)CN(c1ccc(F)cc1)C(=O)CO2. The van der Waals surface area contributed by atoms with Crippen molar-refractivity contribution in [2.75, 3.05) is 31.1 Å².